The number of carbonyl (C=O) groups is 1. The number of benzene rings is 2. The van der Waals surface area contributed by atoms with Gasteiger partial charge < -0.3 is 15.3 Å². The molecule has 2 aromatic carbocycles. The molecule has 0 saturated carbocycles. The summed E-state index contributed by atoms with van der Waals surface area (Å²) in [5.41, 5.74) is 2.24. The zero-order chi connectivity index (χ0) is 19.7. The van der Waals surface area contributed by atoms with Gasteiger partial charge in [-0.05, 0) is 25.0 Å². The van der Waals surface area contributed by atoms with Crippen molar-refractivity contribution < 1.29 is 9.90 Å². The van der Waals surface area contributed by atoms with Gasteiger partial charge in [-0.25, -0.2) is 4.79 Å². The number of carbonyl (C=O) groups excluding carboxylic acids is 1. The first-order chi connectivity index (χ1) is 13.5. The minimum Gasteiger partial charge on any atom is -0.394 e. The highest BCUT2D eigenvalue weighted by molar-refractivity contribution is 5.78. The minimum absolute atomic E-state index is 0.0223. The van der Waals surface area contributed by atoms with Crippen molar-refractivity contribution in [1.82, 2.24) is 15.1 Å². The first kappa shape index (κ1) is 19.0. The van der Waals surface area contributed by atoms with E-state index >= 15 is 0 Å². The van der Waals surface area contributed by atoms with Gasteiger partial charge in [-0.1, -0.05) is 60.7 Å². The molecule has 2 aromatic rings. The molecule has 2 heterocycles. The number of nitrogens with one attached hydrogen (secondary N) is 1. The molecule has 2 aliphatic rings. The molecule has 0 unspecified atom stereocenters. The summed E-state index contributed by atoms with van der Waals surface area (Å²) in [6.07, 6.45) is 0. The quantitative estimate of drug-likeness (QED) is 0.840. The van der Waals surface area contributed by atoms with E-state index in [1.54, 1.807) is 0 Å². The number of likely N-dealkylation sites (tertiary alicyclic amines) is 2. The first-order valence-electron chi connectivity index (χ1n) is 10.1. The molecule has 2 amide bonds. The Morgan fingerprint density at radius 2 is 1.71 bits per heavy atom. The monoisotopic (exact) mass is 379 g/mol. The van der Waals surface area contributed by atoms with Crippen molar-refractivity contribution in [3.05, 3.63) is 71.8 Å². The lowest BCUT2D eigenvalue weighted by Crippen LogP contribution is -2.86. The Labute approximate surface area is 167 Å². The fourth-order valence-electron chi connectivity index (χ4n) is 4.98. The summed E-state index contributed by atoms with van der Waals surface area (Å²) in [5.74, 6) is 0.156. The van der Waals surface area contributed by atoms with Crippen LogP contribution in [0.1, 0.15) is 30.9 Å². The fraction of sp³-hybridized carbons (Fsp3) is 0.435. The van der Waals surface area contributed by atoms with Crippen molar-refractivity contribution in [3.63, 3.8) is 0 Å². The molecular formula is C23H29N3O2. The third kappa shape index (κ3) is 3.19. The van der Waals surface area contributed by atoms with E-state index in [9.17, 15) is 9.90 Å². The maximum atomic E-state index is 12.9. The van der Waals surface area contributed by atoms with Gasteiger partial charge >= 0.3 is 6.03 Å². The molecule has 2 atom stereocenters. The Balaban J connectivity index is 1.57. The number of rotatable bonds is 5. The molecule has 4 rings (SSSR count). The third-order valence-corrected chi connectivity index (χ3v) is 6.00. The molecule has 148 valence electrons. The van der Waals surface area contributed by atoms with Gasteiger partial charge in [0.15, 0.2) is 0 Å². The molecule has 1 spiro atoms. The van der Waals surface area contributed by atoms with Crippen LogP contribution in [0.2, 0.25) is 0 Å². The highest BCUT2D eigenvalue weighted by Gasteiger charge is 2.67. The van der Waals surface area contributed by atoms with Gasteiger partial charge in [-0.15, -0.1) is 0 Å². The van der Waals surface area contributed by atoms with Crippen LogP contribution in [0.4, 0.5) is 4.79 Å². The average molecular weight is 380 g/mol. The summed E-state index contributed by atoms with van der Waals surface area (Å²) in [7, 11) is 0. The van der Waals surface area contributed by atoms with Gasteiger partial charge in [0.2, 0.25) is 0 Å². The SMILES string of the molecule is CC(C)NC(=O)N1[C@@H](CO)[C@@H](c2ccccc2)C12CN(Cc1ccccc1)C2. The van der Waals surface area contributed by atoms with E-state index in [1.807, 2.05) is 43.0 Å². The van der Waals surface area contributed by atoms with Gasteiger partial charge in [0.25, 0.3) is 0 Å². The van der Waals surface area contributed by atoms with Gasteiger partial charge in [-0.3, -0.25) is 4.90 Å². The molecule has 0 aliphatic carbocycles. The molecule has 2 aliphatic heterocycles. The first-order valence-corrected chi connectivity index (χ1v) is 10.1. The smallest absolute Gasteiger partial charge is 0.318 e. The molecule has 5 nitrogen and oxygen atoms in total. The summed E-state index contributed by atoms with van der Waals surface area (Å²) < 4.78 is 0. The number of hydrogen-bond donors (Lipinski definition) is 2. The van der Waals surface area contributed by atoms with Crippen LogP contribution in [0.15, 0.2) is 60.7 Å². The number of nitrogens with zero attached hydrogens (tertiary/aromatic N) is 2. The molecule has 2 saturated heterocycles. The Morgan fingerprint density at radius 1 is 1.11 bits per heavy atom. The summed E-state index contributed by atoms with van der Waals surface area (Å²) in [6.45, 7) is 6.44. The van der Waals surface area contributed by atoms with Crippen LogP contribution < -0.4 is 5.32 Å². The highest BCUT2D eigenvalue weighted by atomic mass is 16.3. The van der Waals surface area contributed by atoms with E-state index in [-0.39, 0.29) is 36.2 Å². The second-order valence-corrected chi connectivity index (χ2v) is 8.35. The zero-order valence-electron chi connectivity index (χ0n) is 16.6. The van der Waals surface area contributed by atoms with E-state index in [0.29, 0.717) is 0 Å². The van der Waals surface area contributed by atoms with Gasteiger partial charge in [-0.2, -0.15) is 0 Å². The Hall–Kier alpha value is -2.37. The Morgan fingerprint density at radius 3 is 2.29 bits per heavy atom. The Bertz CT molecular complexity index is 803. The van der Waals surface area contributed by atoms with E-state index in [1.165, 1.54) is 11.1 Å². The van der Waals surface area contributed by atoms with Crippen LogP contribution in [0.5, 0.6) is 0 Å². The molecule has 2 fully saturated rings. The van der Waals surface area contributed by atoms with E-state index in [2.05, 4.69) is 46.6 Å². The maximum absolute atomic E-state index is 12.9. The molecule has 5 heteroatoms. The van der Waals surface area contributed by atoms with E-state index in [0.717, 1.165) is 19.6 Å². The second-order valence-electron chi connectivity index (χ2n) is 8.35. The molecule has 0 aromatic heterocycles. The van der Waals surface area contributed by atoms with Crippen molar-refractivity contribution in [1.29, 1.82) is 0 Å². The number of aliphatic hydroxyl groups excluding tert-OH is 1. The maximum Gasteiger partial charge on any atom is 0.318 e. The topological polar surface area (TPSA) is 55.8 Å². The zero-order valence-corrected chi connectivity index (χ0v) is 16.6. The van der Waals surface area contributed by atoms with Crippen LogP contribution in [-0.4, -0.2) is 58.3 Å². The summed E-state index contributed by atoms with van der Waals surface area (Å²) in [4.78, 5) is 17.2. The average Bonchev–Trinajstić information content (AvgIpc) is 2.64. The lowest BCUT2D eigenvalue weighted by atomic mass is 9.61. The molecule has 2 N–H and O–H groups in total. The largest absolute Gasteiger partial charge is 0.394 e. The predicted octanol–water partition coefficient (Wildman–Crippen LogP) is 2.82. The van der Waals surface area contributed by atoms with Crippen LogP contribution in [0.3, 0.4) is 0 Å². The Kier molecular flexibility index (Phi) is 5.13. The van der Waals surface area contributed by atoms with Gasteiger partial charge in [0.05, 0.1) is 18.2 Å². The highest BCUT2D eigenvalue weighted by Crippen LogP contribution is 2.54. The molecule has 0 radical (unpaired) electrons. The number of hydrogen-bond acceptors (Lipinski definition) is 3. The standard InChI is InChI=1S/C23H29N3O2/c1-17(2)24-22(28)26-20(14-27)21(19-11-7-4-8-12-19)23(26)15-25(16-23)13-18-9-5-3-6-10-18/h3-12,17,20-21,27H,13-16H2,1-2H3,(H,24,28)/t20-,21+/m0/s1. The summed E-state index contributed by atoms with van der Waals surface area (Å²) in [5, 5.41) is 13.1. The number of aliphatic hydroxyl groups is 1. The fourth-order valence-corrected chi connectivity index (χ4v) is 4.98. The van der Waals surface area contributed by atoms with Crippen molar-refractivity contribution in [2.24, 2.45) is 0 Å². The lowest BCUT2D eigenvalue weighted by molar-refractivity contribution is -0.164. The van der Waals surface area contributed by atoms with Gasteiger partial charge in [0.1, 0.15) is 0 Å². The molecule has 28 heavy (non-hydrogen) atoms. The third-order valence-electron chi connectivity index (χ3n) is 6.00. The predicted molar refractivity (Wildman–Crippen MR) is 110 cm³/mol. The van der Waals surface area contributed by atoms with Crippen molar-refractivity contribution >= 4 is 6.03 Å². The van der Waals surface area contributed by atoms with Crippen LogP contribution in [0.25, 0.3) is 0 Å². The van der Waals surface area contributed by atoms with E-state index < -0.39 is 0 Å². The van der Waals surface area contributed by atoms with Gasteiger partial charge in [0, 0.05) is 31.6 Å². The van der Waals surface area contributed by atoms with Crippen LogP contribution >= 0.6 is 0 Å². The van der Waals surface area contributed by atoms with Crippen molar-refractivity contribution in [3.8, 4) is 0 Å². The lowest BCUT2D eigenvalue weighted by Gasteiger charge is -2.70. The van der Waals surface area contributed by atoms with Crippen molar-refractivity contribution in [2.75, 3.05) is 19.7 Å². The molecular weight excluding hydrogens is 350 g/mol. The number of urea groups is 1. The van der Waals surface area contributed by atoms with E-state index in [4.69, 9.17) is 0 Å². The summed E-state index contributed by atoms with van der Waals surface area (Å²) in [6, 6.07) is 20.6. The second kappa shape index (κ2) is 7.57. The summed E-state index contributed by atoms with van der Waals surface area (Å²) >= 11 is 0. The number of amides is 2. The minimum atomic E-state index is -0.248. The normalized spacial score (nSPS) is 23.4. The van der Waals surface area contributed by atoms with Crippen LogP contribution in [0, 0.1) is 0 Å². The molecule has 0 bridgehead atoms. The van der Waals surface area contributed by atoms with Crippen molar-refractivity contribution in [2.45, 2.75) is 43.9 Å². The van der Waals surface area contributed by atoms with Crippen LogP contribution in [-0.2, 0) is 6.54 Å².